The number of carbonyl (C=O) groups is 1. The normalized spacial score (nSPS) is 15.9. The molecule has 0 fully saturated rings. The Morgan fingerprint density at radius 2 is 1.93 bits per heavy atom. The Labute approximate surface area is 232 Å². The van der Waals surface area contributed by atoms with Gasteiger partial charge in [0.1, 0.15) is 0 Å². The van der Waals surface area contributed by atoms with Crippen molar-refractivity contribution < 1.29 is 28.8 Å². The molecule has 3 aromatic carbocycles. The Kier molecular flexibility index (Phi) is 6.61. The van der Waals surface area contributed by atoms with Gasteiger partial charge in [0.25, 0.3) is 5.56 Å². The van der Waals surface area contributed by atoms with Crippen molar-refractivity contribution in [1.29, 1.82) is 0 Å². The van der Waals surface area contributed by atoms with Crippen LogP contribution in [0.2, 0.25) is 0 Å². The van der Waals surface area contributed by atoms with E-state index in [-0.39, 0.29) is 30.3 Å². The molecule has 10 heteroatoms. The number of rotatable bonds is 6. The molecule has 0 saturated heterocycles. The summed E-state index contributed by atoms with van der Waals surface area (Å²) in [4.78, 5) is 32.8. The molecule has 2 aliphatic heterocycles. The van der Waals surface area contributed by atoms with E-state index in [2.05, 4.69) is 0 Å². The molecule has 40 heavy (non-hydrogen) atoms. The Morgan fingerprint density at radius 3 is 2.67 bits per heavy atom. The van der Waals surface area contributed by atoms with Crippen molar-refractivity contribution in [2.75, 3.05) is 20.5 Å². The number of thiazole rings is 1. The number of aromatic nitrogens is 1. The first-order valence-electron chi connectivity index (χ1n) is 12.5. The van der Waals surface area contributed by atoms with Crippen LogP contribution in [0.25, 0.3) is 11.8 Å². The van der Waals surface area contributed by atoms with Crippen molar-refractivity contribution in [2.24, 2.45) is 4.99 Å². The molecule has 6 rings (SSSR count). The molecule has 9 nitrogen and oxygen atoms in total. The van der Waals surface area contributed by atoms with E-state index in [0.29, 0.717) is 49.0 Å². The van der Waals surface area contributed by atoms with Crippen LogP contribution in [-0.4, -0.2) is 36.2 Å². The second kappa shape index (κ2) is 10.4. The highest BCUT2D eigenvalue weighted by molar-refractivity contribution is 7.07. The number of phenols is 1. The smallest absolute Gasteiger partial charge is 0.338 e. The Hall–Kier alpha value is -4.83. The first kappa shape index (κ1) is 25.4. The van der Waals surface area contributed by atoms with Crippen molar-refractivity contribution in [2.45, 2.75) is 13.0 Å². The summed E-state index contributed by atoms with van der Waals surface area (Å²) in [5, 5.41) is 10.3. The Bertz CT molecular complexity index is 1840. The molecular formula is C30H24N2O7S. The van der Waals surface area contributed by atoms with Gasteiger partial charge in [-0.2, -0.15) is 0 Å². The number of esters is 1. The van der Waals surface area contributed by atoms with Gasteiger partial charge >= 0.3 is 5.97 Å². The molecule has 0 unspecified atom stereocenters. The monoisotopic (exact) mass is 556 g/mol. The zero-order valence-corrected chi connectivity index (χ0v) is 22.4. The van der Waals surface area contributed by atoms with Gasteiger partial charge in [-0.1, -0.05) is 53.8 Å². The average molecular weight is 557 g/mol. The fourth-order valence-corrected chi connectivity index (χ4v) is 5.79. The predicted octanol–water partition coefficient (Wildman–Crippen LogP) is 3.38. The zero-order chi connectivity index (χ0) is 27.8. The largest absolute Gasteiger partial charge is 0.504 e. The summed E-state index contributed by atoms with van der Waals surface area (Å²) in [7, 11) is 1.47. The molecule has 0 amide bonds. The third kappa shape index (κ3) is 4.42. The molecule has 0 saturated carbocycles. The number of hydrogen-bond acceptors (Lipinski definition) is 9. The topological polar surface area (TPSA) is 109 Å². The minimum absolute atomic E-state index is 0.0433. The number of nitrogens with zero attached hydrogens (tertiary/aromatic N) is 2. The summed E-state index contributed by atoms with van der Waals surface area (Å²) in [5.41, 5.74) is 2.30. The molecule has 4 aromatic rings. The SMILES string of the molecule is CCOC(=O)C1=C(c2ccccc2)N=c2s/c(=C\c3ccc(OC)c(O)c3)c(=O)n2[C@@H]1c1ccc2c(c1)OCO2. The second-order valence-electron chi connectivity index (χ2n) is 8.98. The van der Waals surface area contributed by atoms with Crippen LogP contribution in [-0.2, 0) is 9.53 Å². The molecule has 0 aliphatic carbocycles. The molecule has 1 aromatic heterocycles. The zero-order valence-electron chi connectivity index (χ0n) is 21.6. The van der Waals surface area contributed by atoms with E-state index in [1.807, 2.05) is 36.4 Å². The van der Waals surface area contributed by atoms with Gasteiger partial charge in [-0.3, -0.25) is 9.36 Å². The fraction of sp³-hybridized carbons (Fsp3) is 0.167. The number of hydrogen-bond donors (Lipinski definition) is 1. The van der Waals surface area contributed by atoms with Crippen LogP contribution >= 0.6 is 11.3 Å². The molecule has 202 valence electrons. The van der Waals surface area contributed by atoms with Crippen molar-refractivity contribution >= 4 is 29.1 Å². The maximum Gasteiger partial charge on any atom is 0.338 e. The molecule has 1 N–H and O–H groups in total. The number of carbonyl (C=O) groups excluding carboxylic acids is 1. The van der Waals surface area contributed by atoms with E-state index in [4.69, 9.17) is 23.9 Å². The standard InChI is InChI=1S/C30H24N2O7S/c1-3-37-29(35)25-26(18-7-5-4-6-8-18)31-30-32(27(25)19-10-12-22-23(15-19)39-16-38-22)28(34)24(40-30)14-17-9-11-21(36-2)20(33)13-17/h4-15,27,33H,3,16H2,1-2H3/b24-14-/t27-/m1/s1. The van der Waals surface area contributed by atoms with Crippen LogP contribution in [0.4, 0.5) is 0 Å². The molecule has 0 radical (unpaired) electrons. The molecule has 3 heterocycles. The van der Waals surface area contributed by atoms with Gasteiger partial charge < -0.3 is 24.1 Å². The van der Waals surface area contributed by atoms with Crippen molar-refractivity contribution in [3.05, 3.63) is 109 Å². The number of ether oxygens (including phenoxy) is 4. The Balaban J connectivity index is 1.62. The second-order valence-corrected chi connectivity index (χ2v) is 9.98. The van der Waals surface area contributed by atoms with E-state index in [9.17, 15) is 14.7 Å². The minimum Gasteiger partial charge on any atom is -0.504 e. The van der Waals surface area contributed by atoms with Gasteiger partial charge in [-0.25, -0.2) is 9.79 Å². The van der Waals surface area contributed by atoms with E-state index in [1.54, 1.807) is 37.3 Å². The lowest BCUT2D eigenvalue weighted by Gasteiger charge is -2.26. The summed E-state index contributed by atoms with van der Waals surface area (Å²) in [6.07, 6.45) is 1.68. The lowest BCUT2D eigenvalue weighted by Crippen LogP contribution is -2.40. The van der Waals surface area contributed by atoms with Crippen molar-refractivity contribution in [3.63, 3.8) is 0 Å². The summed E-state index contributed by atoms with van der Waals surface area (Å²) in [6, 6.07) is 18.7. The molecule has 1 atom stereocenters. The van der Waals surface area contributed by atoms with Crippen LogP contribution in [0.1, 0.15) is 29.7 Å². The highest BCUT2D eigenvalue weighted by atomic mass is 32.1. The molecular weight excluding hydrogens is 532 g/mol. The van der Waals surface area contributed by atoms with E-state index >= 15 is 0 Å². The number of methoxy groups -OCH3 is 1. The Morgan fingerprint density at radius 1 is 1.12 bits per heavy atom. The van der Waals surface area contributed by atoms with Gasteiger partial charge in [-0.05, 0) is 48.4 Å². The summed E-state index contributed by atoms with van der Waals surface area (Å²) in [6.45, 7) is 1.98. The third-order valence-corrected chi connectivity index (χ3v) is 7.57. The van der Waals surface area contributed by atoms with Crippen molar-refractivity contribution in [3.8, 4) is 23.0 Å². The van der Waals surface area contributed by atoms with Crippen LogP contribution < -0.4 is 29.1 Å². The summed E-state index contributed by atoms with van der Waals surface area (Å²) >= 11 is 1.20. The average Bonchev–Trinajstić information content (AvgIpc) is 3.56. The van der Waals surface area contributed by atoms with Crippen LogP contribution in [0.3, 0.4) is 0 Å². The highest BCUT2D eigenvalue weighted by Crippen LogP contribution is 2.40. The maximum atomic E-state index is 14.0. The maximum absolute atomic E-state index is 14.0. The predicted molar refractivity (Wildman–Crippen MR) is 148 cm³/mol. The number of benzene rings is 3. The first-order chi connectivity index (χ1) is 19.5. The molecule has 2 aliphatic rings. The van der Waals surface area contributed by atoms with Crippen molar-refractivity contribution in [1.82, 2.24) is 4.57 Å². The van der Waals surface area contributed by atoms with E-state index < -0.39 is 12.0 Å². The van der Waals surface area contributed by atoms with Crippen LogP contribution in [0.15, 0.2) is 82.1 Å². The van der Waals surface area contributed by atoms with Gasteiger partial charge in [-0.15, -0.1) is 0 Å². The highest BCUT2D eigenvalue weighted by Gasteiger charge is 2.36. The van der Waals surface area contributed by atoms with Gasteiger partial charge in [0.2, 0.25) is 6.79 Å². The van der Waals surface area contributed by atoms with Crippen LogP contribution in [0.5, 0.6) is 23.0 Å². The number of phenolic OH excluding ortho intramolecular Hbond substituents is 1. The van der Waals surface area contributed by atoms with Gasteiger partial charge in [0.05, 0.1) is 35.6 Å². The van der Waals surface area contributed by atoms with Gasteiger partial charge in [0.15, 0.2) is 27.8 Å². The van der Waals surface area contributed by atoms with Gasteiger partial charge in [0, 0.05) is 5.56 Å². The first-order valence-corrected chi connectivity index (χ1v) is 13.3. The quantitative estimate of drug-likeness (QED) is 0.363. The molecule has 0 bridgehead atoms. The molecule has 0 spiro atoms. The number of fused-ring (bicyclic) bond motifs is 2. The van der Waals surface area contributed by atoms with E-state index in [0.717, 1.165) is 0 Å². The third-order valence-electron chi connectivity index (χ3n) is 6.59. The summed E-state index contributed by atoms with van der Waals surface area (Å²) in [5.74, 6) is 0.823. The lowest BCUT2D eigenvalue weighted by molar-refractivity contribution is -0.138. The fourth-order valence-electron chi connectivity index (χ4n) is 4.79. The summed E-state index contributed by atoms with van der Waals surface area (Å²) < 4.78 is 23.6. The lowest BCUT2D eigenvalue weighted by atomic mass is 9.93. The number of aromatic hydroxyl groups is 1. The van der Waals surface area contributed by atoms with E-state index in [1.165, 1.54) is 29.1 Å². The minimum atomic E-state index is -0.841. The van der Waals surface area contributed by atoms with Crippen LogP contribution in [0, 0.1) is 0 Å².